The van der Waals surface area contributed by atoms with Crippen molar-refractivity contribution in [1.82, 2.24) is 0 Å². The largest absolute Gasteiger partial charge is 0.348 e. The summed E-state index contributed by atoms with van der Waals surface area (Å²) < 4.78 is 10.2. The maximum absolute atomic E-state index is 8.00. The van der Waals surface area contributed by atoms with Crippen molar-refractivity contribution >= 4 is 20.4 Å². The molecule has 1 heterocycles. The summed E-state index contributed by atoms with van der Waals surface area (Å²) >= 11 is 0. The Kier molecular flexibility index (Phi) is 27.6. The van der Waals surface area contributed by atoms with E-state index in [9.17, 15) is 0 Å². The first kappa shape index (κ1) is 27.3. The summed E-state index contributed by atoms with van der Waals surface area (Å²) in [7, 11) is 0. The van der Waals surface area contributed by atoms with E-state index >= 15 is 0 Å². The molecule has 0 N–H and O–H groups in total. The van der Waals surface area contributed by atoms with Gasteiger partial charge in [-0.3, -0.25) is 6.08 Å². The van der Waals surface area contributed by atoms with Crippen molar-refractivity contribution in [2.75, 3.05) is 13.2 Å². The van der Waals surface area contributed by atoms with Crippen molar-refractivity contribution in [1.29, 1.82) is 0 Å². The number of carbonyl (C=O) groups excluding carboxylic acids is 3. The zero-order valence-corrected chi connectivity index (χ0v) is 13.5. The Labute approximate surface area is 131 Å². The van der Waals surface area contributed by atoms with Crippen molar-refractivity contribution in [2.24, 2.45) is 0 Å². The van der Waals surface area contributed by atoms with E-state index in [0.717, 1.165) is 19.6 Å². The summed E-state index contributed by atoms with van der Waals surface area (Å²) in [4.78, 5) is 24.0. The SMILES string of the molecule is C=O.C=O.C=O.CC1(C)OCCO1.CC1=CC=[C-]C1.[Mn]. The van der Waals surface area contributed by atoms with Crippen molar-refractivity contribution in [3.8, 4) is 0 Å². The Morgan fingerprint density at radius 1 is 1.05 bits per heavy atom. The van der Waals surface area contributed by atoms with Gasteiger partial charge in [-0.25, -0.2) is 12.2 Å². The first-order valence-corrected chi connectivity index (χ1v) is 5.47. The second kappa shape index (κ2) is 20.3. The minimum atomic E-state index is -0.306. The third kappa shape index (κ3) is 19.3. The molecule has 1 fully saturated rings. The van der Waals surface area contributed by atoms with Crippen LogP contribution in [0, 0.1) is 6.08 Å². The number of ether oxygens (including phenoxy) is 2. The molecule has 1 radical (unpaired) electrons. The molecule has 0 bridgehead atoms. The summed E-state index contributed by atoms with van der Waals surface area (Å²) in [6.07, 6.45) is 8.15. The van der Waals surface area contributed by atoms with E-state index in [4.69, 9.17) is 23.9 Å². The molecule has 0 amide bonds. The van der Waals surface area contributed by atoms with Gasteiger partial charge in [0.25, 0.3) is 0 Å². The van der Waals surface area contributed by atoms with E-state index in [1.807, 2.05) is 40.3 Å². The van der Waals surface area contributed by atoms with Gasteiger partial charge in [0.15, 0.2) is 5.79 Å². The van der Waals surface area contributed by atoms with Crippen LogP contribution >= 0.6 is 0 Å². The maximum Gasteiger partial charge on any atom is 0.162 e. The van der Waals surface area contributed by atoms with Crippen LogP contribution < -0.4 is 0 Å². The molecule has 0 unspecified atom stereocenters. The first-order valence-electron chi connectivity index (χ1n) is 5.47. The van der Waals surface area contributed by atoms with Crippen LogP contribution in [0.2, 0.25) is 0 Å². The fraction of sp³-hybridized carbons (Fsp3) is 0.500. The second-order valence-corrected chi connectivity index (χ2v) is 3.66. The van der Waals surface area contributed by atoms with E-state index in [1.165, 1.54) is 5.57 Å². The first-order chi connectivity index (χ1) is 9.10. The van der Waals surface area contributed by atoms with Gasteiger partial charge in [-0.2, -0.15) is 5.57 Å². The van der Waals surface area contributed by atoms with Gasteiger partial charge in [0, 0.05) is 17.1 Å². The van der Waals surface area contributed by atoms with Gasteiger partial charge in [-0.15, -0.1) is 6.42 Å². The van der Waals surface area contributed by atoms with Crippen LogP contribution in [-0.4, -0.2) is 39.4 Å². The molecule has 1 aliphatic carbocycles. The standard InChI is InChI=1S/C6H7.C5H10O2.3CH2O.Mn/c1-6-4-2-3-5-6;1-5(2)6-3-4-7-5;3*1-2;/h2,4H,5H2,1H3;3-4H2,1-2H3;3*1H2;/q-1;;;;;. The van der Waals surface area contributed by atoms with Gasteiger partial charge in [-0.05, 0) is 13.8 Å². The second-order valence-electron chi connectivity index (χ2n) is 3.66. The number of hydrogen-bond donors (Lipinski definition) is 0. The zero-order chi connectivity index (χ0) is 15.7. The molecule has 20 heavy (non-hydrogen) atoms. The molecule has 117 valence electrons. The van der Waals surface area contributed by atoms with Gasteiger partial charge >= 0.3 is 0 Å². The molecule has 6 heteroatoms. The quantitative estimate of drug-likeness (QED) is 0.502. The molecule has 2 rings (SSSR count). The van der Waals surface area contributed by atoms with Gasteiger partial charge in [0.2, 0.25) is 0 Å². The number of carbonyl (C=O) groups is 3. The van der Waals surface area contributed by atoms with Crippen LogP contribution in [0.3, 0.4) is 0 Å². The minimum absolute atomic E-state index is 0. The van der Waals surface area contributed by atoms with Crippen LogP contribution in [0.25, 0.3) is 0 Å². The van der Waals surface area contributed by atoms with Crippen molar-refractivity contribution in [3.05, 3.63) is 23.8 Å². The molecule has 1 saturated heterocycles. The molecule has 0 spiro atoms. The average Bonchev–Trinajstić information content (AvgIpc) is 3.08. The molecular weight excluding hydrogens is 303 g/mol. The van der Waals surface area contributed by atoms with Crippen molar-refractivity contribution < 1.29 is 40.9 Å². The number of rotatable bonds is 0. The van der Waals surface area contributed by atoms with E-state index in [-0.39, 0.29) is 22.9 Å². The molecule has 0 aromatic heterocycles. The fourth-order valence-electron chi connectivity index (χ4n) is 1.10. The summed E-state index contributed by atoms with van der Waals surface area (Å²) in [5.74, 6) is -0.306. The smallest absolute Gasteiger partial charge is 0.162 e. The third-order valence-electron chi connectivity index (χ3n) is 1.85. The predicted molar refractivity (Wildman–Crippen MR) is 73.5 cm³/mol. The van der Waals surface area contributed by atoms with E-state index < -0.39 is 0 Å². The molecule has 5 nitrogen and oxygen atoms in total. The molecular formula is C14H23MnO5-. The molecule has 0 aromatic rings. The van der Waals surface area contributed by atoms with Crippen molar-refractivity contribution in [2.45, 2.75) is 33.0 Å². The Morgan fingerprint density at radius 2 is 1.45 bits per heavy atom. The van der Waals surface area contributed by atoms with Crippen molar-refractivity contribution in [3.63, 3.8) is 0 Å². The molecule has 0 aromatic carbocycles. The Bertz CT molecular complexity index is 252. The number of hydrogen-bond acceptors (Lipinski definition) is 5. The molecule has 1 aliphatic heterocycles. The third-order valence-corrected chi connectivity index (χ3v) is 1.85. The summed E-state index contributed by atoms with van der Waals surface area (Å²) in [6, 6.07) is 0. The van der Waals surface area contributed by atoms with Gasteiger partial charge in [0.05, 0.1) is 13.2 Å². The Balaban J connectivity index is -0.0000000907. The Hall–Kier alpha value is -1.07. The summed E-state index contributed by atoms with van der Waals surface area (Å²) in [5.41, 5.74) is 1.41. The molecule has 0 saturated carbocycles. The normalized spacial score (nSPS) is 16.1. The van der Waals surface area contributed by atoms with E-state index in [0.29, 0.717) is 0 Å². The van der Waals surface area contributed by atoms with Crippen LogP contribution in [-0.2, 0) is 40.9 Å². The minimum Gasteiger partial charge on any atom is -0.348 e. The van der Waals surface area contributed by atoms with E-state index in [1.54, 1.807) is 0 Å². The zero-order valence-electron chi connectivity index (χ0n) is 12.3. The summed E-state index contributed by atoms with van der Waals surface area (Å²) in [6.45, 7) is 13.4. The van der Waals surface area contributed by atoms with Gasteiger partial charge in [-0.1, -0.05) is 6.92 Å². The average molecular weight is 326 g/mol. The van der Waals surface area contributed by atoms with Crippen LogP contribution in [0.1, 0.15) is 27.2 Å². The van der Waals surface area contributed by atoms with Gasteiger partial charge in [0.1, 0.15) is 20.4 Å². The Morgan fingerprint density at radius 3 is 1.55 bits per heavy atom. The van der Waals surface area contributed by atoms with E-state index in [2.05, 4.69) is 19.1 Å². The molecule has 2 aliphatic rings. The predicted octanol–water partition coefficient (Wildman–Crippen LogP) is 1.91. The summed E-state index contributed by atoms with van der Waals surface area (Å²) in [5, 5.41) is 0. The van der Waals surface area contributed by atoms with Gasteiger partial charge < -0.3 is 23.9 Å². The van der Waals surface area contributed by atoms with Crippen LogP contribution in [0.4, 0.5) is 0 Å². The topological polar surface area (TPSA) is 69.7 Å². The maximum atomic E-state index is 8.00. The fourth-order valence-corrected chi connectivity index (χ4v) is 1.10. The molecule has 0 atom stereocenters. The monoisotopic (exact) mass is 326 g/mol. The number of allylic oxidation sites excluding steroid dienone is 4. The van der Waals surface area contributed by atoms with Crippen LogP contribution in [0.5, 0.6) is 0 Å². The van der Waals surface area contributed by atoms with Crippen LogP contribution in [0.15, 0.2) is 17.7 Å².